The van der Waals surface area contributed by atoms with Crippen LogP contribution in [0.1, 0.15) is 27.8 Å². The Balaban J connectivity index is 1.85. The minimum atomic E-state index is -0.317. The normalized spacial score (nSPS) is 16.6. The number of aromatic amines is 1. The maximum absolute atomic E-state index is 12.8. The third-order valence-electron chi connectivity index (χ3n) is 4.12. The fraction of sp³-hybridized carbons (Fsp3) is 0.235. The lowest BCUT2D eigenvalue weighted by molar-refractivity contribution is 0.0674. The van der Waals surface area contributed by atoms with E-state index in [0.29, 0.717) is 30.3 Å². The summed E-state index contributed by atoms with van der Waals surface area (Å²) in [6, 6.07) is 8.99. The van der Waals surface area contributed by atoms with Crippen LogP contribution < -0.4 is 0 Å². The molecule has 24 heavy (non-hydrogen) atoms. The average molecular weight is 324 g/mol. The molecule has 0 saturated heterocycles. The molecule has 7 nitrogen and oxygen atoms in total. The molecule has 4 rings (SSSR count). The maximum Gasteiger partial charge on any atom is 0.275 e. The quantitative estimate of drug-likeness (QED) is 0.778. The van der Waals surface area contributed by atoms with Crippen molar-refractivity contribution in [2.75, 3.05) is 20.3 Å². The second-order valence-corrected chi connectivity index (χ2v) is 5.49. The summed E-state index contributed by atoms with van der Waals surface area (Å²) in [7, 11) is 1.61. The Hall–Kier alpha value is -2.93. The van der Waals surface area contributed by atoms with Crippen molar-refractivity contribution in [2.45, 2.75) is 6.04 Å². The van der Waals surface area contributed by atoms with E-state index >= 15 is 0 Å². The van der Waals surface area contributed by atoms with Gasteiger partial charge in [0.2, 0.25) is 0 Å². The SMILES string of the molecule is COCCN1C(=O)c2n[nH]c(-c3ccco3)c2[C@H]1c1ccccn1. The van der Waals surface area contributed by atoms with Gasteiger partial charge in [0.15, 0.2) is 11.5 Å². The number of H-pyrrole nitrogens is 1. The maximum atomic E-state index is 12.8. The van der Waals surface area contributed by atoms with Crippen molar-refractivity contribution in [2.24, 2.45) is 0 Å². The van der Waals surface area contributed by atoms with Crippen molar-refractivity contribution in [1.82, 2.24) is 20.1 Å². The average Bonchev–Trinajstić information content (AvgIpc) is 3.32. The highest BCUT2D eigenvalue weighted by molar-refractivity contribution is 5.99. The molecule has 0 saturated carbocycles. The molecule has 122 valence electrons. The molecule has 3 aromatic rings. The van der Waals surface area contributed by atoms with Gasteiger partial charge < -0.3 is 14.1 Å². The number of aromatic nitrogens is 3. The van der Waals surface area contributed by atoms with E-state index < -0.39 is 0 Å². The highest BCUT2D eigenvalue weighted by Crippen LogP contribution is 2.41. The minimum absolute atomic E-state index is 0.133. The zero-order valence-electron chi connectivity index (χ0n) is 13.1. The van der Waals surface area contributed by atoms with E-state index in [4.69, 9.17) is 9.15 Å². The van der Waals surface area contributed by atoms with Crippen molar-refractivity contribution < 1.29 is 13.9 Å². The number of amides is 1. The number of fused-ring (bicyclic) bond motifs is 1. The van der Waals surface area contributed by atoms with Crippen LogP contribution in [0.15, 0.2) is 47.2 Å². The van der Waals surface area contributed by atoms with Crippen molar-refractivity contribution >= 4 is 5.91 Å². The smallest absolute Gasteiger partial charge is 0.275 e. The van der Waals surface area contributed by atoms with Crippen LogP contribution >= 0.6 is 0 Å². The lowest BCUT2D eigenvalue weighted by atomic mass is 10.0. The van der Waals surface area contributed by atoms with Crippen molar-refractivity contribution in [1.29, 1.82) is 0 Å². The summed E-state index contributed by atoms with van der Waals surface area (Å²) in [5, 5.41) is 7.16. The number of hydrogen-bond donors (Lipinski definition) is 1. The van der Waals surface area contributed by atoms with E-state index in [1.807, 2.05) is 24.3 Å². The number of rotatable bonds is 5. The largest absolute Gasteiger partial charge is 0.463 e. The Morgan fingerprint density at radius 3 is 2.96 bits per heavy atom. The summed E-state index contributed by atoms with van der Waals surface area (Å²) >= 11 is 0. The van der Waals surface area contributed by atoms with Crippen LogP contribution in [0, 0.1) is 0 Å². The molecular formula is C17H16N4O3. The summed E-state index contributed by atoms with van der Waals surface area (Å²) < 4.78 is 10.6. The first-order valence-corrected chi connectivity index (χ1v) is 7.64. The predicted octanol–water partition coefficient (Wildman–Crippen LogP) is 2.26. The van der Waals surface area contributed by atoms with Gasteiger partial charge in [0.05, 0.1) is 18.6 Å². The monoisotopic (exact) mass is 324 g/mol. The topological polar surface area (TPSA) is 84.2 Å². The Kier molecular flexibility index (Phi) is 3.62. The summed E-state index contributed by atoms with van der Waals surface area (Å²) in [5.41, 5.74) is 2.70. The predicted molar refractivity (Wildman–Crippen MR) is 85.3 cm³/mol. The molecule has 0 spiro atoms. The number of nitrogens with one attached hydrogen (secondary N) is 1. The molecule has 1 N–H and O–H groups in total. The summed E-state index contributed by atoms with van der Waals surface area (Å²) in [6.07, 6.45) is 3.32. The van der Waals surface area contributed by atoms with E-state index in [0.717, 1.165) is 11.3 Å². The number of carbonyl (C=O) groups is 1. The van der Waals surface area contributed by atoms with Crippen LogP contribution in [0.5, 0.6) is 0 Å². The Bertz CT molecular complexity index is 842. The molecule has 0 bridgehead atoms. The van der Waals surface area contributed by atoms with Gasteiger partial charge in [-0.15, -0.1) is 0 Å². The zero-order chi connectivity index (χ0) is 16.5. The van der Waals surface area contributed by atoms with Gasteiger partial charge in [0.1, 0.15) is 11.7 Å². The Morgan fingerprint density at radius 2 is 2.25 bits per heavy atom. The van der Waals surface area contributed by atoms with E-state index in [-0.39, 0.29) is 11.9 Å². The zero-order valence-corrected chi connectivity index (χ0v) is 13.1. The summed E-state index contributed by atoms with van der Waals surface area (Å²) in [4.78, 5) is 19.0. The van der Waals surface area contributed by atoms with Crippen LogP contribution in [-0.2, 0) is 4.74 Å². The van der Waals surface area contributed by atoms with E-state index in [9.17, 15) is 4.79 Å². The molecule has 0 aromatic carbocycles. The number of furan rings is 1. The van der Waals surface area contributed by atoms with Gasteiger partial charge in [-0.25, -0.2) is 0 Å². The molecule has 0 aliphatic carbocycles. The fourth-order valence-electron chi connectivity index (χ4n) is 3.06. The molecular weight excluding hydrogens is 308 g/mol. The third-order valence-corrected chi connectivity index (χ3v) is 4.12. The van der Waals surface area contributed by atoms with Gasteiger partial charge in [-0.1, -0.05) is 6.07 Å². The number of carbonyl (C=O) groups excluding carboxylic acids is 1. The van der Waals surface area contributed by atoms with Crippen LogP contribution in [0.4, 0.5) is 0 Å². The highest BCUT2D eigenvalue weighted by Gasteiger charge is 2.43. The lowest BCUT2D eigenvalue weighted by Gasteiger charge is -2.25. The van der Waals surface area contributed by atoms with E-state index in [2.05, 4.69) is 15.2 Å². The van der Waals surface area contributed by atoms with Gasteiger partial charge >= 0.3 is 0 Å². The first-order valence-electron chi connectivity index (χ1n) is 7.64. The van der Waals surface area contributed by atoms with Gasteiger partial charge in [-0.2, -0.15) is 5.10 Å². The minimum Gasteiger partial charge on any atom is -0.463 e. The number of nitrogens with zero attached hydrogens (tertiary/aromatic N) is 3. The number of ether oxygens (including phenoxy) is 1. The van der Waals surface area contributed by atoms with Crippen molar-refractivity contribution in [3.8, 4) is 11.5 Å². The fourth-order valence-corrected chi connectivity index (χ4v) is 3.06. The molecule has 3 aromatic heterocycles. The van der Waals surface area contributed by atoms with E-state index in [1.54, 1.807) is 30.5 Å². The molecule has 1 aliphatic rings. The third kappa shape index (κ3) is 2.21. The first-order chi connectivity index (χ1) is 11.8. The number of hydrogen-bond acceptors (Lipinski definition) is 5. The number of methoxy groups -OCH3 is 1. The molecule has 4 heterocycles. The second-order valence-electron chi connectivity index (χ2n) is 5.49. The van der Waals surface area contributed by atoms with Gasteiger partial charge in [0, 0.05) is 25.4 Å². The number of pyridine rings is 1. The molecule has 1 aliphatic heterocycles. The summed E-state index contributed by atoms with van der Waals surface area (Å²) in [6.45, 7) is 0.906. The first kappa shape index (κ1) is 14.6. The lowest BCUT2D eigenvalue weighted by Crippen LogP contribution is -2.32. The van der Waals surface area contributed by atoms with Crippen LogP contribution in [0.2, 0.25) is 0 Å². The van der Waals surface area contributed by atoms with Crippen molar-refractivity contribution in [3.63, 3.8) is 0 Å². The van der Waals surface area contributed by atoms with Crippen LogP contribution in [0.3, 0.4) is 0 Å². The standard InChI is InChI=1S/C17H16N4O3/c1-23-10-8-21-16(11-5-2-3-7-18-11)13-14(12-6-4-9-24-12)19-20-15(13)17(21)22/h2-7,9,16H,8,10H2,1H3,(H,19,20)/t16-/m1/s1. The molecule has 0 unspecified atom stereocenters. The molecule has 0 radical (unpaired) electrons. The summed E-state index contributed by atoms with van der Waals surface area (Å²) in [5.74, 6) is 0.512. The van der Waals surface area contributed by atoms with Crippen LogP contribution in [0.25, 0.3) is 11.5 Å². The van der Waals surface area contributed by atoms with Gasteiger partial charge in [0.25, 0.3) is 5.91 Å². The molecule has 1 atom stereocenters. The van der Waals surface area contributed by atoms with Crippen molar-refractivity contribution in [3.05, 3.63) is 59.7 Å². The van der Waals surface area contributed by atoms with E-state index in [1.165, 1.54) is 0 Å². The highest BCUT2D eigenvalue weighted by atomic mass is 16.5. The molecule has 0 fully saturated rings. The van der Waals surface area contributed by atoms with Gasteiger partial charge in [-0.05, 0) is 24.3 Å². The Labute approximate surface area is 138 Å². The molecule has 1 amide bonds. The second kappa shape index (κ2) is 5.93. The molecule has 7 heteroatoms. The van der Waals surface area contributed by atoms with Gasteiger partial charge in [-0.3, -0.25) is 14.9 Å². The Morgan fingerprint density at radius 1 is 1.33 bits per heavy atom. The van der Waals surface area contributed by atoms with Crippen LogP contribution in [-0.4, -0.2) is 46.2 Å².